The van der Waals surface area contributed by atoms with Crippen molar-refractivity contribution >= 4 is 29.2 Å². The zero-order chi connectivity index (χ0) is 19.7. The molecular formula is C19H30N2O4S. The van der Waals surface area contributed by atoms with Gasteiger partial charge in [-0.2, -0.15) is 0 Å². The molecule has 0 aromatic carbocycles. The van der Waals surface area contributed by atoms with Crippen molar-refractivity contribution in [2.45, 2.75) is 65.1 Å². The van der Waals surface area contributed by atoms with Crippen molar-refractivity contribution in [1.29, 1.82) is 0 Å². The zero-order valence-corrected chi connectivity index (χ0v) is 17.6. The number of nitrogens with zero attached hydrogens (tertiary/aromatic N) is 2. The molecule has 0 saturated carbocycles. The largest absolute Gasteiger partial charge is 0.444 e. The van der Waals surface area contributed by atoms with Crippen LogP contribution in [0.2, 0.25) is 0 Å². The number of fused-ring (bicyclic) bond motifs is 1. The number of likely N-dealkylation sites (N-methyl/N-ethyl adjacent to an activating group) is 1. The van der Waals surface area contributed by atoms with Crippen molar-refractivity contribution in [3.8, 4) is 0 Å². The lowest BCUT2D eigenvalue weighted by Gasteiger charge is -2.35. The highest BCUT2D eigenvalue weighted by molar-refractivity contribution is 7.10. The number of ether oxygens (including phenoxy) is 2. The highest BCUT2D eigenvalue weighted by Gasteiger charge is 2.34. The lowest BCUT2D eigenvalue weighted by molar-refractivity contribution is 0.0285. The minimum Gasteiger partial charge on any atom is -0.444 e. The van der Waals surface area contributed by atoms with Gasteiger partial charge in [-0.25, -0.2) is 9.59 Å². The van der Waals surface area contributed by atoms with E-state index in [0.29, 0.717) is 13.1 Å². The molecule has 1 aliphatic heterocycles. The number of carbonyl (C=O) groups excluding carboxylic acids is 2. The Hall–Kier alpha value is -1.76. The van der Waals surface area contributed by atoms with Gasteiger partial charge in [0.1, 0.15) is 11.2 Å². The van der Waals surface area contributed by atoms with Crippen molar-refractivity contribution < 1.29 is 19.1 Å². The van der Waals surface area contributed by atoms with Gasteiger partial charge in [0.15, 0.2) is 0 Å². The molecule has 0 bridgehead atoms. The van der Waals surface area contributed by atoms with Gasteiger partial charge in [-0.1, -0.05) is 0 Å². The molecule has 2 amide bonds. The van der Waals surface area contributed by atoms with Crippen molar-refractivity contribution in [2.75, 3.05) is 25.0 Å². The summed E-state index contributed by atoms with van der Waals surface area (Å²) in [6, 6.07) is 1.95. The highest BCUT2D eigenvalue weighted by Crippen LogP contribution is 2.40. The Balaban J connectivity index is 2.08. The molecule has 7 heteroatoms. The first-order chi connectivity index (χ1) is 11.9. The number of carbonyl (C=O) groups is 2. The summed E-state index contributed by atoms with van der Waals surface area (Å²) < 4.78 is 11.0. The molecule has 1 aliphatic rings. The van der Waals surface area contributed by atoms with E-state index in [0.717, 1.165) is 17.0 Å². The summed E-state index contributed by atoms with van der Waals surface area (Å²) in [4.78, 5) is 29.1. The van der Waals surface area contributed by atoms with E-state index < -0.39 is 11.2 Å². The first kappa shape index (κ1) is 20.6. The number of rotatable bonds is 2. The van der Waals surface area contributed by atoms with Crippen molar-refractivity contribution in [2.24, 2.45) is 0 Å². The molecule has 6 nitrogen and oxygen atoms in total. The predicted molar refractivity (Wildman–Crippen MR) is 104 cm³/mol. The van der Waals surface area contributed by atoms with Crippen molar-refractivity contribution in [3.63, 3.8) is 0 Å². The Labute approximate surface area is 160 Å². The lowest BCUT2D eigenvalue weighted by atomic mass is 9.97. The summed E-state index contributed by atoms with van der Waals surface area (Å²) in [5.41, 5.74) is -0.154. The average molecular weight is 383 g/mol. The standard InChI is InChI=1S/C19H30N2O4S/c1-18(2,3)24-16(22)20(7)12-13-8-10-21(14-9-11-26-15(13)14)17(23)25-19(4,5)6/h9,11,13H,8,10,12H2,1-7H3. The summed E-state index contributed by atoms with van der Waals surface area (Å²) in [7, 11) is 1.75. The summed E-state index contributed by atoms with van der Waals surface area (Å²) in [6.45, 7) is 12.3. The molecule has 1 aromatic rings. The minimum atomic E-state index is -0.527. The minimum absolute atomic E-state index is 0.182. The number of hydrogen-bond donors (Lipinski definition) is 0. The normalized spacial score (nSPS) is 17.5. The van der Waals surface area contributed by atoms with E-state index in [4.69, 9.17) is 9.47 Å². The molecule has 1 unspecified atom stereocenters. The van der Waals surface area contributed by atoms with E-state index in [1.807, 2.05) is 53.0 Å². The van der Waals surface area contributed by atoms with Gasteiger partial charge < -0.3 is 14.4 Å². The number of thiophene rings is 1. The number of amides is 2. The van der Waals surface area contributed by atoms with E-state index >= 15 is 0 Å². The fourth-order valence-electron chi connectivity index (χ4n) is 2.80. The molecule has 0 saturated heterocycles. The van der Waals surface area contributed by atoms with E-state index in [2.05, 4.69) is 0 Å². The third-order valence-corrected chi connectivity index (χ3v) is 4.92. The Morgan fingerprint density at radius 1 is 1.19 bits per heavy atom. The molecule has 26 heavy (non-hydrogen) atoms. The van der Waals surface area contributed by atoms with E-state index in [1.54, 1.807) is 28.2 Å². The fraction of sp³-hybridized carbons (Fsp3) is 0.684. The molecule has 1 atom stereocenters. The van der Waals surface area contributed by atoms with Crippen molar-refractivity contribution in [3.05, 3.63) is 16.3 Å². The SMILES string of the molecule is CN(CC1CCN(C(=O)OC(C)(C)C)c2ccsc21)C(=O)OC(C)(C)C. The topological polar surface area (TPSA) is 59.1 Å². The van der Waals surface area contributed by atoms with Crippen molar-refractivity contribution in [1.82, 2.24) is 4.90 Å². The van der Waals surface area contributed by atoms with Crippen LogP contribution in [0, 0.1) is 0 Å². The molecular weight excluding hydrogens is 352 g/mol. The van der Waals surface area contributed by atoms with Crippen LogP contribution in [0.3, 0.4) is 0 Å². The summed E-state index contributed by atoms with van der Waals surface area (Å²) in [6.07, 6.45) is 0.126. The number of hydrogen-bond acceptors (Lipinski definition) is 5. The van der Waals surface area contributed by atoms with Crippen LogP contribution in [0.1, 0.15) is 58.8 Å². The summed E-state index contributed by atoms with van der Waals surface area (Å²) >= 11 is 1.61. The molecule has 0 radical (unpaired) electrons. The van der Waals surface area contributed by atoms with E-state index in [1.165, 1.54) is 0 Å². The van der Waals surface area contributed by atoms with Gasteiger partial charge in [-0.3, -0.25) is 4.90 Å². The van der Waals surface area contributed by atoms with Crippen LogP contribution in [0.15, 0.2) is 11.4 Å². The van der Waals surface area contributed by atoms with Gasteiger partial charge in [0.25, 0.3) is 0 Å². The Morgan fingerprint density at radius 3 is 2.38 bits per heavy atom. The third-order valence-electron chi connectivity index (χ3n) is 3.85. The second-order valence-electron chi connectivity index (χ2n) is 8.65. The Bertz CT molecular complexity index is 657. The van der Waals surface area contributed by atoms with Crippen LogP contribution >= 0.6 is 11.3 Å². The average Bonchev–Trinajstić information content (AvgIpc) is 2.93. The maximum absolute atomic E-state index is 12.5. The Kier molecular flexibility index (Phi) is 5.90. The maximum Gasteiger partial charge on any atom is 0.414 e. The molecule has 0 fully saturated rings. The molecule has 2 rings (SSSR count). The highest BCUT2D eigenvalue weighted by atomic mass is 32.1. The lowest BCUT2D eigenvalue weighted by Crippen LogP contribution is -2.42. The number of anilines is 1. The van der Waals surface area contributed by atoms with Crippen LogP contribution in [0.25, 0.3) is 0 Å². The van der Waals surface area contributed by atoms with Gasteiger partial charge in [0.05, 0.1) is 5.69 Å². The second kappa shape index (κ2) is 7.47. The third kappa shape index (κ3) is 5.37. The summed E-state index contributed by atoms with van der Waals surface area (Å²) in [5, 5.41) is 1.98. The molecule has 0 spiro atoms. The monoisotopic (exact) mass is 382 g/mol. The molecule has 0 N–H and O–H groups in total. The smallest absolute Gasteiger partial charge is 0.414 e. The van der Waals surface area contributed by atoms with Gasteiger partial charge in [0.2, 0.25) is 0 Å². The van der Waals surface area contributed by atoms with Gasteiger partial charge in [-0.15, -0.1) is 11.3 Å². The van der Waals surface area contributed by atoms with Crippen LogP contribution in [0.5, 0.6) is 0 Å². The maximum atomic E-state index is 12.5. The van der Waals surface area contributed by atoms with Crippen LogP contribution in [-0.2, 0) is 9.47 Å². The molecule has 1 aromatic heterocycles. The molecule has 2 heterocycles. The first-order valence-electron chi connectivity index (χ1n) is 8.89. The molecule has 146 valence electrons. The summed E-state index contributed by atoms with van der Waals surface area (Å²) in [5.74, 6) is 0.182. The zero-order valence-electron chi connectivity index (χ0n) is 16.8. The Morgan fingerprint density at radius 2 is 1.81 bits per heavy atom. The molecule has 0 aliphatic carbocycles. The van der Waals surface area contributed by atoms with Crippen LogP contribution in [0.4, 0.5) is 15.3 Å². The van der Waals surface area contributed by atoms with Crippen LogP contribution in [-0.4, -0.2) is 48.4 Å². The fourth-order valence-corrected chi connectivity index (χ4v) is 3.83. The second-order valence-corrected chi connectivity index (χ2v) is 9.60. The van der Waals surface area contributed by atoms with E-state index in [-0.39, 0.29) is 18.1 Å². The first-order valence-corrected chi connectivity index (χ1v) is 9.77. The van der Waals surface area contributed by atoms with Gasteiger partial charge >= 0.3 is 12.2 Å². The van der Waals surface area contributed by atoms with E-state index in [9.17, 15) is 9.59 Å². The predicted octanol–water partition coefficient (Wildman–Crippen LogP) is 4.84. The quantitative estimate of drug-likeness (QED) is 0.734. The van der Waals surface area contributed by atoms with Crippen LogP contribution < -0.4 is 4.90 Å². The van der Waals surface area contributed by atoms with Gasteiger partial charge in [-0.05, 0) is 59.4 Å². The van der Waals surface area contributed by atoms with Gasteiger partial charge in [0, 0.05) is 30.9 Å².